The fourth-order valence-corrected chi connectivity index (χ4v) is 2.28. The number of thioether (sulfide) groups is 1. The summed E-state index contributed by atoms with van der Waals surface area (Å²) in [6.45, 7) is 0. The van der Waals surface area contributed by atoms with Gasteiger partial charge in [-0.15, -0.1) is 11.8 Å². The normalized spacial score (nSPS) is 10.1. The van der Waals surface area contributed by atoms with Crippen molar-refractivity contribution in [3.63, 3.8) is 0 Å². The van der Waals surface area contributed by atoms with Crippen molar-refractivity contribution in [2.45, 2.75) is 4.90 Å². The van der Waals surface area contributed by atoms with E-state index in [1.807, 2.05) is 18.4 Å². The first-order valence-corrected chi connectivity index (χ1v) is 7.09. The number of nitrogens with two attached hydrogens (primary N) is 1. The molecular formula is C13H12N4O3S. The van der Waals surface area contributed by atoms with Crippen LogP contribution in [0.3, 0.4) is 0 Å². The van der Waals surface area contributed by atoms with Crippen molar-refractivity contribution in [1.82, 2.24) is 4.98 Å². The van der Waals surface area contributed by atoms with E-state index in [4.69, 9.17) is 5.73 Å². The van der Waals surface area contributed by atoms with E-state index in [0.29, 0.717) is 5.69 Å². The molecule has 2 rings (SSSR count). The highest BCUT2D eigenvalue weighted by atomic mass is 32.2. The Bertz CT molecular complexity index is 706. The van der Waals surface area contributed by atoms with Gasteiger partial charge >= 0.3 is 0 Å². The number of benzene rings is 1. The Morgan fingerprint density at radius 1 is 1.43 bits per heavy atom. The summed E-state index contributed by atoms with van der Waals surface area (Å²) < 4.78 is 0. The minimum Gasteiger partial charge on any atom is -0.384 e. The lowest BCUT2D eigenvalue weighted by Gasteiger charge is -2.09. The smallest absolute Gasteiger partial charge is 0.300 e. The molecule has 1 aromatic heterocycles. The van der Waals surface area contributed by atoms with Crippen LogP contribution in [0, 0.1) is 10.1 Å². The third-order valence-electron chi connectivity index (χ3n) is 2.70. The Morgan fingerprint density at radius 3 is 2.81 bits per heavy atom. The van der Waals surface area contributed by atoms with Crippen LogP contribution in [-0.4, -0.2) is 22.1 Å². The number of nitrogens with zero attached hydrogens (tertiary/aromatic N) is 2. The van der Waals surface area contributed by atoms with Gasteiger partial charge in [-0.05, 0) is 24.5 Å². The molecule has 21 heavy (non-hydrogen) atoms. The largest absolute Gasteiger partial charge is 0.384 e. The maximum Gasteiger partial charge on any atom is 0.300 e. The molecule has 1 heterocycles. The fraction of sp³-hybridized carbons (Fsp3) is 0.0769. The highest BCUT2D eigenvalue weighted by molar-refractivity contribution is 7.98. The number of rotatable bonds is 4. The molecule has 0 aliphatic carbocycles. The highest BCUT2D eigenvalue weighted by Crippen LogP contribution is 2.26. The summed E-state index contributed by atoms with van der Waals surface area (Å²) in [6, 6.07) is 8.36. The predicted octanol–water partition coefficient (Wildman–Crippen LogP) is 2.55. The molecule has 8 heteroatoms. The van der Waals surface area contributed by atoms with E-state index in [9.17, 15) is 14.9 Å². The van der Waals surface area contributed by atoms with Crippen molar-refractivity contribution in [1.29, 1.82) is 0 Å². The van der Waals surface area contributed by atoms with Gasteiger partial charge in [-0.2, -0.15) is 0 Å². The first-order valence-electron chi connectivity index (χ1n) is 5.87. The number of hydrogen-bond acceptors (Lipinski definition) is 6. The minimum absolute atomic E-state index is 0.0453. The molecule has 3 N–H and O–H groups in total. The second-order valence-corrected chi connectivity index (χ2v) is 4.89. The summed E-state index contributed by atoms with van der Waals surface area (Å²) in [6.07, 6.45) is 2.85. The standard InChI is InChI=1S/C13H12N4O3S/c1-21-11-5-3-2-4-9(11)16-13(18)8-6-12(14)15-7-10(8)17(19)20/h2-7H,1H3,(H2,14,15)(H,16,18). The van der Waals surface area contributed by atoms with Crippen LogP contribution in [0.4, 0.5) is 17.2 Å². The maximum atomic E-state index is 12.3. The average molecular weight is 304 g/mol. The van der Waals surface area contributed by atoms with Crippen LogP contribution in [0.15, 0.2) is 41.4 Å². The number of nitrogen functional groups attached to an aromatic ring is 1. The Labute approximate surface area is 124 Å². The van der Waals surface area contributed by atoms with Gasteiger partial charge in [-0.25, -0.2) is 4.98 Å². The van der Waals surface area contributed by atoms with Crippen molar-refractivity contribution < 1.29 is 9.72 Å². The van der Waals surface area contributed by atoms with Gasteiger partial charge in [0, 0.05) is 4.90 Å². The number of aromatic nitrogens is 1. The lowest BCUT2D eigenvalue weighted by molar-refractivity contribution is -0.385. The number of para-hydroxylation sites is 1. The SMILES string of the molecule is CSc1ccccc1NC(=O)c1cc(N)ncc1[N+](=O)[O-]. The molecule has 1 aromatic carbocycles. The molecule has 108 valence electrons. The number of amides is 1. The van der Waals surface area contributed by atoms with E-state index >= 15 is 0 Å². The lowest BCUT2D eigenvalue weighted by Crippen LogP contribution is -2.15. The molecule has 0 saturated heterocycles. The highest BCUT2D eigenvalue weighted by Gasteiger charge is 2.21. The Kier molecular flexibility index (Phi) is 4.39. The van der Waals surface area contributed by atoms with E-state index < -0.39 is 10.8 Å². The maximum absolute atomic E-state index is 12.3. The van der Waals surface area contributed by atoms with Crippen LogP contribution < -0.4 is 11.1 Å². The molecule has 0 saturated carbocycles. The lowest BCUT2D eigenvalue weighted by atomic mass is 10.2. The third-order valence-corrected chi connectivity index (χ3v) is 3.50. The number of nitrogens with one attached hydrogen (secondary N) is 1. The first-order chi connectivity index (χ1) is 10.0. The summed E-state index contributed by atoms with van der Waals surface area (Å²) in [4.78, 5) is 27.0. The monoisotopic (exact) mass is 304 g/mol. The summed E-state index contributed by atoms with van der Waals surface area (Å²) in [7, 11) is 0. The van der Waals surface area contributed by atoms with Crippen LogP contribution in [0.2, 0.25) is 0 Å². The third kappa shape index (κ3) is 3.29. The molecule has 0 fully saturated rings. The van der Waals surface area contributed by atoms with Gasteiger partial charge in [0.2, 0.25) is 0 Å². The number of pyridine rings is 1. The van der Waals surface area contributed by atoms with Crippen molar-refractivity contribution >= 4 is 34.9 Å². The van der Waals surface area contributed by atoms with Gasteiger partial charge in [0.15, 0.2) is 0 Å². The van der Waals surface area contributed by atoms with Crippen molar-refractivity contribution in [3.05, 3.63) is 52.2 Å². The summed E-state index contributed by atoms with van der Waals surface area (Å²) in [5, 5.41) is 13.6. The van der Waals surface area contributed by atoms with Gasteiger partial charge in [0.25, 0.3) is 11.6 Å². The summed E-state index contributed by atoms with van der Waals surface area (Å²) in [5.74, 6) is -0.554. The van der Waals surface area contributed by atoms with Gasteiger partial charge in [0.05, 0.1) is 10.6 Å². The van der Waals surface area contributed by atoms with Crippen LogP contribution >= 0.6 is 11.8 Å². The molecule has 0 bridgehead atoms. The van der Waals surface area contributed by atoms with Crippen molar-refractivity contribution in [3.8, 4) is 0 Å². The number of carbonyl (C=O) groups is 1. The van der Waals surface area contributed by atoms with Gasteiger partial charge in [-0.3, -0.25) is 14.9 Å². The molecule has 0 atom stereocenters. The summed E-state index contributed by atoms with van der Waals surface area (Å²) in [5.41, 5.74) is 5.57. The molecule has 0 radical (unpaired) electrons. The zero-order valence-corrected chi connectivity index (χ0v) is 11.9. The van der Waals surface area contributed by atoms with Crippen LogP contribution in [0.1, 0.15) is 10.4 Å². The van der Waals surface area contributed by atoms with Gasteiger partial charge in [-0.1, -0.05) is 12.1 Å². The van der Waals surface area contributed by atoms with E-state index in [-0.39, 0.29) is 17.1 Å². The molecule has 0 unspecified atom stereocenters. The number of hydrogen-bond donors (Lipinski definition) is 2. The Morgan fingerprint density at radius 2 is 2.14 bits per heavy atom. The second-order valence-electron chi connectivity index (χ2n) is 4.04. The molecule has 0 aliphatic rings. The van der Waals surface area contributed by atoms with Gasteiger partial charge < -0.3 is 11.1 Å². The van der Waals surface area contributed by atoms with Crippen molar-refractivity contribution in [2.75, 3.05) is 17.3 Å². The number of anilines is 2. The topological polar surface area (TPSA) is 111 Å². The molecule has 2 aromatic rings. The molecule has 7 nitrogen and oxygen atoms in total. The second kappa shape index (κ2) is 6.23. The minimum atomic E-state index is -0.665. The first kappa shape index (κ1) is 14.8. The van der Waals surface area contributed by atoms with Crippen LogP contribution in [0.5, 0.6) is 0 Å². The molecule has 1 amide bonds. The van der Waals surface area contributed by atoms with E-state index in [1.54, 1.807) is 12.1 Å². The molecule has 0 aliphatic heterocycles. The molecular weight excluding hydrogens is 292 g/mol. The Hall–Kier alpha value is -2.61. The fourth-order valence-electron chi connectivity index (χ4n) is 1.73. The summed E-state index contributed by atoms with van der Waals surface area (Å²) >= 11 is 1.46. The Balaban J connectivity index is 2.37. The molecule has 0 spiro atoms. The predicted molar refractivity (Wildman–Crippen MR) is 81.5 cm³/mol. The van der Waals surface area contributed by atoms with E-state index in [0.717, 1.165) is 11.1 Å². The van der Waals surface area contributed by atoms with Crippen molar-refractivity contribution in [2.24, 2.45) is 0 Å². The average Bonchev–Trinajstić information content (AvgIpc) is 2.47. The quantitative estimate of drug-likeness (QED) is 0.510. The number of carbonyl (C=O) groups excluding carboxylic acids is 1. The zero-order valence-electron chi connectivity index (χ0n) is 11.1. The van der Waals surface area contributed by atoms with Crippen LogP contribution in [0.25, 0.3) is 0 Å². The number of nitro groups is 1. The zero-order chi connectivity index (χ0) is 15.4. The van der Waals surface area contributed by atoms with E-state index in [1.165, 1.54) is 17.8 Å². The van der Waals surface area contributed by atoms with Gasteiger partial charge in [0.1, 0.15) is 17.6 Å². The van der Waals surface area contributed by atoms with Crippen LogP contribution in [-0.2, 0) is 0 Å². The van der Waals surface area contributed by atoms with E-state index in [2.05, 4.69) is 10.3 Å².